The number of rotatable bonds is 8. The van der Waals surface area contributed by atoms with E-state index in [4.69, 9.17) is 9.47 Å². The molecular formula is C12H25NO2S. The monoisotopic (exact) mass is 247 g/mol. The van der Waals surface area contributed by atoms with Crippen molar-refractivity contribution in [3.8, 4) is 0 Å². The fourth-order valence-corrected chi connectivity index (χ4v) is 2.59. The van der Waals surface area contributed by atoms with Gasteiger partial charge >= 0.3 is 0 Å². The molecule has 0 radical (unpaired) electrons. The summed E-state index contributed by atoms with van der Waals surface area (Å²) in [5.41, 5.74) is 0.0240. The Labute approximate surface area is 104 Å². The van der Waals surface area contributed by atoms with Gasteiger partial charge in [0.25, 0.3) is 0 Å². The number of methoxy groups -OCH3 is 1. The first-order chi connectivity index (χ1) is 7.83. The minimum atomic E-state index is 0.0240. The van der Waals surface area contributed by atoms with Gasteiger partial charge in [0.15, 0.2) is 0 Å². The largest absolute Gasteiger partial charge is 0.381 e. The summed E-state index contributed by atoms with van der Waals surface area (Å²) in [5, 5.41) is 3.51. The smallest absolute Gasteiger partial charge is 0.0846 e. The van der Waals surface area contributed by atoms with Crippen molar-refractivity contribution < 1.29 is 9.47 Å². The second-order valence-electron chi connectivity index (χ2n) is 4.23. The number of thioether (sulfide) groups is 1. The van der Waals surface area contributed by atoms with Gasteiger partial charge in [-0.05, 0) is 24.5 Å². The summed E-state index contributed by atoms with van der Waals surface area (Å²) < 4.78 is 11.0. The molecule has 0 spiro atoms. The van der Waals surface area contributed by atoms with Gasteiger partial charge in [-0.1, -0.05) is 6.92 Å². The lowest BCUT2D eigenvalue weighted by atomic mass is 9.94. The van der Waals surface area contributed by atoms with Crippen LogP contribution >= 0.6 is 11.8 Å². The normalized spacial score (nSPS) is 19.9. The van der Waals surface area contributed by atoms with Gasteiger partial charge in [0.05, 0.1) is 5.60 Å². The van der Waals surface area contributed by atoms with Crippen molar-refractivity contribution in [3.05, 3.63) is 0 Å². The van der Waals surface area contributed by atoms with E-state index in [1.54, 1.807) is 0 Å². The summed E-state index contributed by atoms with van der Waals surface area (Å²) >= 11 is 2.01. The number of hydrogen-bond acceptors (Lipinski definition) is 4. The molecule has 1 rings (SSSR count). The van der Waals surface area contributed by atoms with Crippen LogP contribution in [-0.4, -0.2) is 50.5 Å². The van der Waals surface area contributed by atoms with Crippen molar-refractivity contribution in [3.63, 3.8) is 0 Å². The Kier molecular flexibility index (Phi) is 7.45. The second kappa shape index (κ2) is 8.34. The summed E-state index contributed by atoms with van der Waals surface area (Å²) in [5.74, 6) is 2.48. The van der Waals surface area contributed by atoms with Crippen molar-refractivity contribution in [2.45, 2.75) is 31.8 Å². The first-order valence-corrected chi connectivity index (χ1v) is 7.40. The Morgan fingerprint density at radius 2 is 2.12 bits per heavy atom. The third-order valence-corrected chi connectivity index (χ3v) is 4.12. The van der Waals surface area contributed by atoms with Crippen LogP contribution in [0.1, 0.15) is 26.2 Å². The first kappa shape index (κ1) is 14.3. The van der Waals surface area contributed by atoms with Crippen LogP contribution < -0.4 is 5.32 Å². The predicted octanol–water partition coefficient (Wildman–Crippen LogP) is 1.91. The quantitative estimate of drug-likeness (QED) is 0.664. The highest BCUT2D eigenvalue weighted by atomic mass is 32.2. The number of ether oxygens (including phenoxy) is 2. The van der Waals surface area contributed by atoms with Crippen LogP contribution in [0.15, 0.2) is 0 Å². The van der Waals surface area contributed by atoms with E-state index in [9.17, 15) is 0 Å². The molecule has 1 aliphatic rings. The SMILES string of the molecule is CCSCCCNCC1(OC)CCOCC1. The first-order valence-electron chi connectivity index (χ1n) is 6.24. The van der Waals surface area contributed by atoms with E-state index in [0.29, 0.717) is 0 Å². The molecule has 96 valence electrons. The van der Waals surface area contributed by atoms with Gasteiger partial charge in [0.1, 0.15) is 0 Å². The second-order valence-corrected chi connectivity index (χ2v) is 5.62. The Balaban J connectivity index is 2.08. The van der Waals surface area contributed by atoms with Crippen molar-refractivity contribution in [1.29, 1.82) is 0 Å². The summed E-state index contributed by atoms with van der Waals surface area (Å²) in [6.45, 7) is 5.94. The molecule has 0 aromatic carbocycles. The van der Waals surface area contributed by atoms with E-state index in [1.807, 2.05) is 18.9 Å². The summed E-state index contributed by atoms with van der Waals surface area (Å²) in [4.78, 5) is 0. The molecule has 0 saturated carbocycles. The van der Waals surface area contributed by atoms with Gasteiger partial charge < -0.3 is 14.8 Å². The van der Waals surface area contributed by atoms with Gasteiger partial charge in [0, 0.05) is 39.7 Å². The maximum absolute atomic E-state index is 5.66. The lowest BCUT2D eigenvalue weighted by molar-refractivity contribution is -0.0874. The molecule has 3 nitrogen and oxygen atoms in total. The van der Waals surface area contributed by atoms with Crippen molar-refractivity contribution in [2.24, 2.45) is 0 Å². The van der Waals surface area contributed by atoms with E-state index < -0.39 is 0 Å². The number of hydrogen-bond donors (Lipinski definition) is 1. The fourth-order valence-electron chi connectivity index (χ4n) is 1.96. The van der Waals surface area contributed by atoms with Gasteiger partial charge in [-0.15, -0.1) is 0 Å². The highest BCUT2D eigenvalue weighted by Crippen LogP contribution is 2.23. The molecule has 1 N–H and O–H groups in total. The van der Waals surface area contributed by atoms with E-state index in [2.05, 4.69) is 12.2 Å². The molecule has 4 heteroatoms. The van der Waals surface area contributed by atoms with Crippen molar-refractivity contribution in [1.82, 2.24) is 5.32 Å². The molecule has 0 aromatic heterocycles. The molecule has 1 heterocycles. The highest BCUT2D eigenvalue weighted by molar-refractivity contribution is 7.99. The van der Waals surface area contributed by atoms with Gasteiger partial charge in [-0.2, -0.15) is 11.8 Å². The lowest BCUT2D eigenvalue weighted by Crippen LogP contribution is -2.46. The van der Waals surface area contributed by atoms with Crippen LogP contribution in [0.5, 0.6) is 0 Å². The maximum Gasteiger partial charge on any atom is 0.0846 e. The average Bonchev–Trinajstić information content (AvgIpc) is 2.35. The van der Waals surface area contributed by atoms with E-state index >= 15 is 0 Å². The predicted molar refractivity (Wildman–Crippen MR) is 70.3 cm³/mol. The highest BCUT2D eigenvalue weighted by Gasteiger charge is 2.31. The average molecular weight is 247 g/mol. The van der Waals surface area contributed by atoms with Crippen LogP contribution in [0.4, 0.5) is 0 Å². The minimum absolute atomic E-state index is 0.0240. The Hall–Kier alpha value is 0.230. The molecule has 1 aliphatic heterocycles. The Morgan fingerprint density at radius 1 is 1.38 bits per heavy atom. The van der Waals surface area contributed by atoms with Gasteiger partial charge in [0.2, 0.25) is 0 Å². The summed E-state index contributed by atoms with van der Waals surface area (Å²) in [6.07, 6.45) is 3.27. The van der Waals surface area contributed by atoms with Crippen molar-refractivity contribution in [2.75, 3.05) is 44.9 Å². The van der Waals surface area contributed by atoms with Crippen LogP contribution in [-0.2, 0) is 9.47 Å². The van der Waals surface area contributed by atoms with E-state index in [0.717, 1.165) is 39.1 Å². The van der Waals surface area contributed by atoms with Crippen LogP contribution in [0, 0.1) is 0 Å². The Bertz CT molecular complexity index is 172. The Morgan fingerprint density at radius 3 is 2.75 bits per heavy atom. The topological polar surface area (TPSA) is 30.5 Å². The lowest BCUT2D eigenvalue weighted by Gasteiger charge is -2.36. The third-order valence-electron chi connectivity index (χ3n) is 3.13. The molecule has 1 fully saturated rings. The zero-order valence-electron chi connectivity index (χ0n) is 10.6. The van der Waals surface area contributed by atoms with Gasteiger partial charge in [-0.25, -0.2) is 0 Å². The molecule has 0 atom stereocenters. The molecular weight excluding hydrogens is 222 g/mol. The zero-order valence-corrected chi connectivity index (χ0v) is 11.4. The maximum atomic E-state index is 5.66. The fraction of sp³-hybridized carbons (Fsp3) is 1.00. The van der Waals surface area contributed by atoms with E-state index in [1.165, 1.54) is 17.9 Å². The minimum Gasteiger partial charge on any atom is -0.381 e. The van der Waals surface area contributed by atoms with Gasteiger partial charge in [-0.3, -0.25) is 0 Å². The van der Waals surface area contributed by atoms with Crippen LogP contribution in [0.3, 0.4) is 0 Å². The molecule has 0 aliphatic carbocycles. The molecule has 0 amide bonds. The molecule has 1 saturated heterocycles. The summed E-state index contributed by atoms with van der Waals surface area (Å²) in [6, 6.07) is 0. The van der Waals surface area contributed by atoms with E-state index in [-0.39, 0.29) is 5.60 Å². The molecule has 0 unspecified atom stereocenters. The van der Waals surface area contributed by atoms with Crippen LogP contribution in [0.2, 0.25) is 0 Å². The summed E-state index contributed by atoms with van der Waals surface area (Å²) in [7, 11) is 1.82. The molecule has 16 heavy (non-hydrogen) atoms. The third kappa shape index (κ3) is 5.04. The van der Waals surface area contributed by atoms with Crippen molar-refractivity contribution >= 4 is 11.8 Å². The molecule has 0 aromatic rings. The zero-order chi connectivity index (χ0) is 11.7. The molecule has 0 bridgehead atoms. The standard InChI is InChI=1S/C12H25NO2S/c1-3-16-10-4-7-13-11-12(14-2)5-8-15-9-6-12/h13H,3-11H2,1-2H3. The van der Waals surface area contributed by atoms with Crippen LogP contribution in [0.25, 0.3) is 0 Å². The number of nitrogens with one attached hydrogen (secondary N) is 1.